The number of ether oxygens (including phenoxy) is 2. The first-order chi connectivity index (χ1) is 9.04. The summed E-state index contributed by atoms with van der Waals surface area (Å²) in [6, 6.07) is 10.6. The molecule has 0 spiro atoms. The molecule has 19 heavy (non-hydrogen) atoms. The van der Waals surface area contributed by atoms with Crippen LogP contribution in [0.4, 0.5) is 8.78 Å². The molecule has 2 radical (unpaired) electrons. The quantitative estimate of drug-likeness (QED) is 0.798. The van der Waals surface area contributed by atoms with E-state index in [2.05, 4.69) is 4.74 Å². The molecule has 2 nitrogen and oxygen atoms in total. The maximum atomic E-state index is 12.0. The predicted molar refractivity (Wildman–Crippen MR) is 70.0 cm³/mol. The van der Waals surface area contributed by atoms with Crippen molar-refractivity contribution in [1.29, 1.82) is 0 Å². The van der Waals surface area contributed by atoms with Crippen molar-refractivity contribution < 1.29 is 18.3 Å². The monoisotopic (exact) mass is 280 g/mol. The fourth-order valence-electron chi connectivity index (χ4n) is 1.42. The molecule has 2 aromatic carbocycles. The number of benzene rings is 2. The summed E-state index contributed by atoms with van der Waals surface area (Å²) in [6.45, 7) is -2.85. The number of rotatable bonds is 4. The zero-order chi connectivity index (χ0) is 13.8. The minimum Gasteiger partial charge on any atom is -0.456 e. The molecule has 0 saturated carbocycles. The molecule has 96 valence electrons. The van der Waals surface area contributed by atoms with Crippen LogP contribution in [0.3, 0.4) is 0 Å². The zero-order valence-corrected chi connectivity index (χ0v) is 10.4. The van der Waals surface area contributed by atoms with Gasteiger partial charge in [-0.3, -0.25) is 0 Å². The Hall–Kier alpha value is -1.75. The lowest BCUT2D eigenvalue weighted by atomic mass is 9.97. The lowest BCUT2D eigenvalue weighted by Crippen LogP contribution is -2.02. The number of halogens is 3. The molecule has 2 aromatic rings. The molecule has 0 heterocycles. The number of hydrogen-bond donors (Lipinski definition) is 0. The van der Waals surface area contributed by atoms with Crippen molar-refractivity contribution in [2.75, 3.05) is 0 Å². The Labute approximate surface area is 115 Å². The van der Waals surface area contributed by atoms with Crippen molar-refractivity contribution in [1.82, 2.24) is 0 Å². The van der Waals surface area contributed by atoms with Gasteiger partial charge in [0.05, 0.1) is 5.02 Å². The second-order valence-corrected chi connectivity index (χ2v) is 4.05. The van der Waals surface area contributed by atoms with Crippen molar-refractivity contribution in [3.63, 3.8) is 0 Å². The Morgan fingerprint density at radius 2 is 1.63 bits per heavy atom. The molecule has 0 atom stereocenters. The largest absolute Gasteiger partial charge is 0.456 e. The lowest BCUT2D eigenvalue weighted by Gasteiger charge is -2.09. The fraction of sp³-hybridized carbons (Fsp3) is 0.0769. The van der Waals surface area contributed by atoms with Gasteiger partial charge in [-0.15, -0.1) is 0 Å². The standard InChI is InChI=1S/C13H8BClF2O2/c14-8-1-6-12(11(15)7-8)18-9-2-4-10(5-3-9)19-13(16)17/h1-7,13H. The molecule has 0 bridgehead atoms. The fourth-order valence-corrected chi connectivity index (χ4v) is 1.64. The van der Waals surface area contributed by atoms with Crippen molar-refractivity contribution in [2.24, 2.45) is 0 Å². The SMILES string of the molecule is [B]c1ccc(Oc2ccc(OC(F)F)cc2)c(Cl)c1. The van der Waals surface area contributed by atoms with Crippen LogP contribution < -0.4 is 14.9 Å². The van der Waals surface area contributed by atoms with Crippen LogP contribution in [0.5, 0.6) is 17.2 Å². The smallest absolute Gasteiger partial charge is 0.387 e. The average molecular weight is 280 g/mol. The molecule has 0 unspecified atom stereocenters. The third-order valence-corrected chi connectivity index (χ3v) is 2.53. The van der Waals surface area contributed by atoms with Crippen LogP contribution in [-0.4, -0.2) is 14.5 Å². The summed E-state index contributed by atoms with van der Waals surface area (Å²) >= 11 is 5.95. The van der Waals surface area contributed by atoms with Crippen LogP contribution in [0.25, 0.3) is 0 Å². The molecule has 0 amide bonds. The molecule has 0 N–H and O–H groups in total. The molecule has 0 aliphatic heterocycles. The van der Waals surface area contributed by atoms with Gasteiger partial charge in [0.1, 0.15) is 25.1 Å². The summed E-state index contributed by atoms with van der Waals surface area (Å²) < 4.78 is 33.7. The van der Waals surface area contributed by atoms with E-state index in [1.165, 1.54) is 24.3 Å². The summed E-state index contributed by atoms with van der Waals surface area (Å²) in [4.78, 5) is 0. The van der Waals surface area contributed by atoms with Crippen molar-refractivity contribution in [3.8, 4) is 17.2 Å². The summed E-state index contributed by atoms with van der Waals surface area (Å²) in [5.74, 6) is 0.942. The van der Waals surface area contributed by atoms with E-state index < -0.39 is 6.61 Å². The number of alkyl halides is 2. The summed E-state index contributed by atoms with van der Waals surface area (Å²) in [6.07, 6.45) is 0. The van der Waals surface area contributed by atoms with Crippen LogP contribution in [0.15, 0.2) is 42.5 Å². The van der Waals surface area contributed by atoms with E-state index in [4.69, 9.17) is 24.2 Å². The molecule has 0 saturated heterocycles. The van der Waals surface area contributed by atoms with Gasteiger partial charge in [-0.25, -0.2) is 0 Å². The highest BCUT2D eigenvalue weighted by Crippen LogP contribution is 2.29. The van der Waals surface area contributed by atoms with E-state index in [1.807, 2.05) is 0 Å². The van der Waals surface area contributed by atoms with E-state index >= 15 is 0 Å². The van der Waals surface area contributed by atoms with Gasteiger partial charge in [0, 0.05) is 0 Å². The molecule has 0 aromatic heterocycles. The Kier molecular flexibility index (Phi) is 4.27. The second-order valence-electron chi connectivity index (χ2n) is 3.64. The lowest BCUT2D eigenvalue weighted by molar-refractivity contribution is -0.0498. The third-order valence-electron chi connectivity index (χ3n) is 2.23. The van der Waals surface area contributed by atoms with E-state index in [-0.39, 0.29) is 5.75 Å². The highest BCUT2D eigenvalue weighted by Gasteiger charge is 2.06. The second kappa shape index (κ2) is 5.93. The van der Waals surface area contributed by atoms with E-state index in [0.717, 1.165) is 0 Å². The van der Waals surface area contributed by atoms with Crippen molar-refractivity contribution >= 4 is 24.9 Å². The molecular weight excluding hydrogens is 272 g/mol. The summed E-state index contributed by atoms with van der Waals surface area (Å²) in [7, 11) is 5.56. The van der Waals surface area contributed by atoms with E-state index in [9.17, 15) is 8.78 Å². The molecule has 2 rings (SSSR count). The van der Waals surface area contributed by atoms with Crippen LogP contribution >= 0.6 is 11.6 Å². The highest BCUT2D eigenvalue weighted by molar-refractivity contribution is 6.37. The molecule has 0 fully saturated rings. The minimum atomic E-state index is -2.85. The Balaban J connectivity index is 2.10. The summed E-state index contributed by atoms with van der Waals surface area (Å²) in [5, 5.41) is 0.368. The van der Waals surface area contributed by atoms with Gasteiger partial charge in [0.2, 0.25) is 0 Å². The molecule has 6 heteroatoms. The van der Waals surface area contributed by atoms with E-state index in [1.54, 1.807) is 18.2 Å². The normalized spacial score (nSPS) is 10.5. The highest BCUT2D eigenvalue weighted by atomic mass is 35.5. The molecule has 0 aliphatic carbocycles. The number of hydrogen-bond acceptors (Lipinski definition) is 2. The van der Waals surface area contributed by atoms with E-state index in [0.29, 0.717) is 22.0 Å². The average Bonchev–Trinajstić information content (AvgIpc) is 2.34. The maximum absolute atomic E-state index is 12.0. The van der Waals surface area contributed by atoms with Gasteiger partial charge in [-0.2, -0.15) is 8.78 Å². The van der Waals surface area contributed by atoms with Crippen molar-refractivity contribution in [3.05, 3.63) is 47.5 Å². The summed E-state index contributed by atoms with van der Waals surface area (Å²) in [5.41, 5.74) is 0.526. The maximum Gasteiger partial charge on any atom is 0.387 e. The zero-order valence-electron chi connectivity index (χ0n) is 9.65. The Morgan fingerprint density at radius 1 is 1.00 bits per heavy atom. The first-order valence-electron chi connectivity index (χ1n) is 5.32. The van der Waals surface area contributed by atoms with Crippen LogP contribution in [0.2, 0.25) is 5.02 Å². The topological polar surface area (TPSA) is 18.5 Å². The van der Waals surface area contributed by atoms with Gasteiger partial charge >= 0.3 is 6.61 Å². The Morgan fingerprint density at radius 3 is 2.21 bits per heavy atom. The van der Waals surface area contributed by atoms with Gasteiger partial charge in [-0.05, 0) is 36.4 Å². The molecular formula is C13H8BClF2O2. The van der Waals surface area contributed by atoms with Gasteiger partial charge in [0.15, 0.2) is 0 Å². The Bertz CT molecular complexity index is 561. The van der Waals surface area contributed by atoms with Crippen LogP contribution in [0, 0.1) is 0 Å². The van der Waals surface area contributed by atoms with Crippen LogP contribution in [0.1, 0.15) is 0 Å². The van der Waals surface area contributed by atoms with Crippen LogP contribution in [-0.2, 0) is 0 Å². The van der Waals surface area contributed by atoms with Gasteiger partial charge in [-0.1, -0.05) is 23.1 Å². The first kappa shape index (κ1) is 13.7. The predicted octanol–water partition coefficient (Wildman–Crippen LogP) is 3.53. The van der Waals surface area contributed by atoms with Gasteiger partial charge < -0.3 is 9.47 Å². The molecule has 0 aliphatic rings. The van der Waals surface area contributed by atoms with Gasteiger partial charge in [0.25, 0.3) is 0 Å². The van der Waals surface area contributed by atoms with Crippen molar-refractivity contribution in [2.45, 2.75) is 6.61 Å². The first-order valence-corrected chi connectivity index (χ1v) is 5.70. The minimum absolute atomic E-state index is 0.0609. The third kappa shape index (κ3) is 3.86.